The molecule has 2 aromatic carbocycles. The van der Waals surface area contributed by atoms with Gasteiger partial charge in [0.1, 0.15) is 17.6 Å². The maximum Gasteiger partial charge on any atom is 0.255 e. The predicted octanol–water partition coefficient (Wildman–Crippen LogP) is 3.58. The van der Waals surface area contributed by atoms with E-state index in [1.807, 2.05) is 54.7 Å². The fourth-order valence-corrected chi connectivity index (χ4v) is 3.67. The second-order valence-corrected chi connectivity index (χ2v) is 6.96. The number of benzene rings is 2. The van der Waals surface area contributed by atoms with E-state index in [1.54, 1.807) is 7.11 Å². The van der Waals surface area contributed by atoms with E-state index >= 15 is 0 Å². The molecule has 5 nitrogen and oxygen atoms in total. The second kappa shape index (κ2) is 7.84. The Labute approximate surface area is 158 Å². The number of fused-ring (bicyclic) bond motifs is 1. The number of rotatable bonds is 5. The highest BCUT2D eigenvalue weighted by molar-refractivity contribution is 5.84. The van der Waals surface area contributed by atoms with Crippen LogP contribution in [0.25, 0.3) is 10.8 Å². The highest BCUT2D eigenvalue weighted by Crippen LogP contribution is 2.23. The predicted molar refractivity (Wildman–Crippen MR) is 106 cm³/mol. The molecule has 1 aromatic heterocycles. The summed E-state index contributed by atoms with van der Waals surface area (Å²) in [5.41, 5.74) is 1.14. The van der Waals surface area contributed by atoms with Crippen molar-refractivity contribution in [1.82, 2.24) is 9.88 Å². The van der Waals surface area contributed by atoms with Crippen molar-refractivity contribution >= 4 is 10.8 Å². The van der Waals surface area contributed by atoms with Crippen LogP contribution in [0.1, 0.15) is 18.4 Å². The highest BCUT2D eigenvalue weighted by Gasteiger charge is 2.21. The molecule has 0 unspecified atom stereocenters. The minimum absolute atomic E-state index is 0.0269. The van der Waals surface area contributed by atoms with Gasteiger partial charge in [0.2, 0.25) is 0 Å². The lowest BCUT2D eigenvalue weighted by Gasteiger charge is -2.32. The van der Waals surface area contributed by atoms with Gasteiger partial charge in [-0.25, -0.2) is 0 Å². The van der Waals surface area contributed by atoms with Crippen LogP contribution in [-0.4, -0.2) is 36.2 Å². The number of ether oxygens (including phenoxy) is 2. The minimum atomic E-state index is -0.0269. The van der Waals surface area contributed by atoms with Crippen LogP contribution in [0.3, 0.4) is 0 Å². The quantitative estimate of drug-likeness (QED) is 0.752. The van der Waals surface area contributed by atoms with Crippen molar-refractivity contribution in [1.29, 1.82) is 0 Å². The lowest BCUT2D eigenvalue weighted by Crippen LogP contribution is -2.37. The number of H-pyrrole nitrogens is 1. The molecule has 0 aliphatic carbocycles. The molecule has 5 heteroatoms. The van der Waals surface area contributed by atoms with Crippen LogP contribution < -0.4 is 15.0 Å². The van der Waals surface area contributed by atoms with E-state index in [4.69, 9.17) is 9.47 Å². The Balaban J connectivity index is 1.37. The van der Waals surface area contributed by atoms with Crippen molar-refractivity contribution in [2.75, 3.05) is 20.2 Å². The van der Waals surface area contributed by atoms with Crippen molar-refractivity contribution in [3.05, 3.63) is 70.6 Å². The molecule has 0 saturated carbocycles. The number of aromatic amines is 1. The van der Waals surface area contributed by atoms with Gasteiger partial charge in [-0.2, -0.15) is 0 Å². The number of piperidine rings is 1. The summed E-state index contributed by atoms with van der Waals surface area (Å²) in [6, 6.07) is 15.6. The van der Waals surface area contributed by atoms with Crippen LogP contribution in [0.4, 0.5) is 0 Å². The summed E-state index contributed by atoms with van der Waals surface area (Å²) in [5.74, 6) is 1.73. The molecule has 0 spiro atoms. The Kier molecular flexibility index (Phi) is 5.12. The molecule has 1 aliphatic heterocycles. The molecule has 1 N–H and O–H groups in total. The van der Waals surface area contributed by atoms with E-state index in [-0.39, 0.29) is 11.7 Å². The number of pyridine rings is 1. The second-order valence-electron chi connectivity index (χ2n) is 6.96. The summed E-state index contributed by atoms with van der Waals surface area (Å²) >= 11 is 0. The van der Waals surface area contributed by atoms with Gasteiger partial charge in [0.15, 0.2) is 0 Å². The van der Waals surface area contributed by atoms with E-state index in [1.165, 1.54) is 5.56 Å². The van der Waals surface area contributed by atoms with Gasteiger partial charge in [0.05, 0.1) is 7.11 Å². The Morgan fingerprint density at radius 1 is 1.00 bits per heavy atom. The minimum Gasteiger partial charge on any atom is -0.497 e. The zero-order chi connectivity index (χ0) is 18.6. The molecule has 27 heavy (non-hydrogen) atoms. The van der Waals surface area contributed by atoms with Gasteiger partial charge in [0, 0.05) is 31.2 Å². The first-order valence-electron chi connectivity index (χ1n) is 9.35. The van der Waals surface area contributed by atoms with Crippen molar-refractivity contribution < 1.29 is 9.47 Å². The number of hydrogen-bond acceptors (Lipinski definition) is 4. The molecule has 1 fully saturated rings. The Morgan fingerprint density at radius 3 is 2.37 bits per heavy atom. The topological polar surface area (TPSA) is 54.6 Å². The summed E-state index contributed by atoms with van der Waals surface area (Å²) in [5, 5.41) is 1.80. The standard InChI is InChI=1S/C22H24N2O3/c1-26-17-6-8-18(9-7-17)27-19-10-12-24(13-11-19)15-16-14-23-22(25)21-5-3-2-4-20(16)21/h2-9,14,19H,10-13,15H2,1H3,(H,23,25). The summed E-state index contributed by atoms with van der Waals surface area (Å²) in [4.78, 5) is 17.3. The zero-order valence-electron chi connectivity index (χ0n) is 15.5. The SMILES string of the molecule is COc1ccc(OC2CCN(Cc3c[nH]c(=O)c4ccccc34)CC2)cc1. The van der Waals surface area contributed by atoms with Crippen LogP contribution in [-0.2, 0) is 6.54 Å². The molecule has 2 heterocycles. The monoisotopic (exact) mass is 364 g/mol. The average Bonchev–Trinajstić information content (AvgIpc) is 2.72. The molecule has 1 aliphatic rings. The summed E-state index contributed by atoms with van der Waals surface area (Å²) < 4.78 is 11.3. The van der Waals surface area contributed by atoms with Gasteiger partial charge >= 0.3 is 0 Å². The first-order valence-corrected chi connectivity index (χ1v) is 9.35. The molecular weight excluding hydrogens is 340 g/mol. The molecule has 1 saturated heterocycles. The number of nitrogens with one attached hydrogen (secondary N) is 1. The fraction of sp³-hybridized carbons (Fsp3) is 0.318. The molecule has 3 aromatic rings. The third-order valence-corrected chi connectivity index (χ3v) is 5.19. The Bertz CT molecular complexity index is 957. The van der Waals surface area contributed by atoms with Gasteiger partial charge in [-0.15, -0.1) is 0 Å². The third kappa shape index (κ3) is 3.98. The van der Waals surface area contributed by atoms with Crippen molar-refractivity contribution in [2.45, 2.75) is 25.5 Å². The average molecular weight is 364 g/mol. The molecule has 4 rings (SSSR count). The number of aromatic nitrogens is 1. The van der Waals surface area contributed by atoms with Crippen LogP contribution in [0.2, 0.25) is 0 Å². The Morgan fingerprint density at radius 2 is 1.67 bits per heavy atom. The molecular formula is C22H24N2O3. The van der Waals surface area contributed by atoms with Crippen LogP contribution in [0.15, 0.2) is 59.5 Å². The summed E-state index contributed by atoms with van der Waals surface area (Å²) in [6.45, 7) is 2.80. The van der Waals surface area contributed by atoms with Crippen molar-refractivity contribution in [3.8, 4) is 11.5 Å². The maximum absolute atomic E-state index is 12.0. The van der Waals surface area contributed by atoms with Crippen molar-refractivity contribution in [3.63, 3.8) is 0 Å². The van der Waals surface area contributed by atoms with Gasteiger partial charge < -0.3 is 14.5 Å². The molecule has 0 atom stereocenters. The van der Waals surface area contributed by atoms with Gasteiger partial charge in [-0.05, 0) is 54.1 Å². The first kappa shape index (κ1) is 17.6. The molecule has 0 radical (unpaired) electrons. The summed E-state index contributed by atoms with van der Waals surface area (Å²) in [6.07, 6.45) is 4.08. The lowest BCUT2D eigenvalue weighted by atomic mass is 10.0. The van der Waals surface area contributed by atoms with E-state index in [0.29, 0.717) is 0 Å². The highest BCUT2D eigenvalue weighted by atomic mass is 16.5. The molecule has 140 valence electrons. The third-order valence-electron chi connectivity index (χ3n) is 5.19. The van der Waals surface area contributed by atoms with E-state index in [9.17, 15) is 4.79 Å². The smallest absolute Gasteiger partial charge is 0.255 e. The van der Waals surface area contributed by atoms with Crippen LogP contribution >= 0.6 is 0 Å². The van der Waals surface area contributed by atoms with Crippen molar-refractivity contribution in [2.24, 2.45) is 0 Å². The van der Waals surface area contributed by atoms with E-state index < -0.39 is 0 Å². The molecule has 0 bridgehead atoms. The van der Waals surface area contributed by atoms with Gasteiger partial charge in [-0.1, -0.05) is 18.2 Å². The Hall–Kier alpha value is -2.79. The van der Waals surface area contributed by atoms with Crippen LogP contribution in [0.5, 0.6) is 11.5 Å². The fourth-order valence-electron chi connectivity index (χ4n) is 3.67. The normalized spacial score (nSPS) is 15.7. The maximum atomic E-state index is 12.0. The molecule has 0 amide bonds. The van der Waals surface area contributed by atoms with Gasteiger partial charge in [0.25, 0.3) is 5.56 Å². The number of nitrogens with zero attached hydrogens (tertiary/aromatic N) is 1. The van der Waals surface area contributed by atoms with Crippen LogP contribution in [0, 0.1) is 0 Å². The number of hydrogen-bond donors (Lipinski definition) is 1. The van der Waals surface area contributed by atoms with Gasteiger partial charge in [-0.3, -0.25) is 9.69 Å². The first-order chi connectivity index (χ1) is 13.2. The zero-order valence-corrected chi connectivity index (χ0v) is 15.5. The summed E-state index contributed by atoms with van der Waals surface area (Å²) in [7, 11) is 1.66. The van der Waals surface area contributed by atoms with E-state index in [2.05, 4.69) is 9.88 Å². The lowest BCUT2D eigenvalue weighted by molar-refractivity contribution is 0.0969. The van der Waals surface area contributed by atoms with E-state index in [0.717, 1.165) is 54.7 Å². The number of methoxy groups -OCH3 is 1. The largest absolute Gasteiger partial charge is 0.497 e. The number of likely N-dealkylation sites (tertiary alicyclic amines) is 1.